The van der Waals surface area contributed by atoms with Crippen LogP contribution in [0.3, 0.4) is 0 Å². The van der Waals surface area contributed by atoms with Gasteiger partial charge < -0.3 is 15.8 Å². The van der Waals surface area contributed by atoms with Gasteiger partial charge in [-0.1, -0.05) is 0 Å². The third-order valence-corrected chi connectivity index (χ3v) is 3.97. The van der Waals surface area contributed by atoms with Gasteiger partial charge in [0.25, 0.3) is 10.0 Å². The molecule has 4 N–H and O–H groups in total. The molecule has 1 fully saturated rings. The predicted octanol–water partition coefficient (Wildman–Crippen LogP) is 0.428. The van der Waals surface area contributed by atoms with Gasteiger partial charge in [0.1, 0.15) is 10.6 Å². The van der Waals surface area contributed by atoms with Crippen LogP contribution in [0.2, 0.25) is 0 Å². The molecule has 1 aromatic carbocycles. The lowest BCUT2D eigenvalue weighted by Crippen LogP contribution is -2.40. The van der Waals surface area contributed by atoms with E-state index in [0.717, 1.165) is 12.8 Å². The topological polar surface area (TPSA) is 111 Å². The van der Waals surface area contributed by atoms with Crippen LogP contribution in [0.1, 0.15) is 12.8 Å². The molecule has 0 heterocycles. The van der Waals surface area contributed by atoms with Crippen molar-refractivity contribution in [2.24, 2.45) is 0 Å². The zero-order valence-corrected chi connectivity index (χ0v) is 11.2. The van der Waals surface area contributed by atoms with Crippen LogP contribution < -0.4 is 20.5 Å². The first-order valence-corrected chi connectivity index (χ1v) is 7.17. The minimum atomic E-state index is -4.01. The zero-order chi connectivity index (χ0) is 14.0. The Hall–Kier alpha value is -1.96. The van der Waals surface area contributed by atoms with E-state index in [0.29, 0.717) is 0 Å². The van der Waals surface area contributed by atoms with Gasteiger partial charge in [-0.3, -0.25) is 0 Å². The van der Waals surface area contributed by atoms with Gasteiger partial charge in [0, 0.05) is 11.7 Å². The maximum absolute atomic E-state index is 12.1. The smallest absolute Gasteiger partial charge is 0.328 e. The van der Waals surface area contributed by atoms with Crippen molar-refractivity contribution in [3.05, 3.63) is 18.2 Å². The van der Waals surface area contributed by atoms with Gasteiger partial charge in [-0.25, -0.2) is 17.9 Å². The minimum absolute atomic E-state index is 0.0675. The molecule has 1 aliphatic carbocycles. The third kappa shape index (κ3) is 3.28. The standard InChI is InChI=1S/C11H15N3O4S/c1-18-9-5-2-7(12)6-10(9)19(16,17)14-11(15)13-8-3-4-8/h2,5-6,8H,3-4,12H2,1H3,(H2,13,14,15). The van der Waals surface area contributed by atoms with Crippen molar-refractivity contribution in [2.45, 2.75) is 23.8 Å². The summed E-state index contributed by atoms with van der Waals surface area (Å²) < 4.78 is 31.0. The SMILES string of the molecule is COc1ccc(N)cc1S(=O)(=O)NC(=O)NC1CC1. The van der Waals surface area contributed by atoms with Crippen LogP contribution in [0.25, 0.3) is 0 Å². The van der Waals surface area contributed by atoms with E-state index in [1.165, 1.54) is 25.3 Å². The fraction of sp³-hybridized carbons (Fsp3) is 0.364. The maximum atomic E-state index is 12.1. The molecule has 0 bridgehead atoms. The monoisotopic (exact) mass is 285 g/mol. The summed E-state index contributed by atoms with van der Waals surface area (Å²) in [7, 11) is -2.67. The van der Waals surface area contributed by atoms with E-state index >= 15 is 0 Å². The minimum Gasteiger partial charge on any atom is -0.495 e. The Labute approximate surface area is 111 Å². The number of nitrogens with one attached hydrogen (secondary N) is 2. The second kappa shape index (κ2) is 4.96. The van der Waals surface area contributed by atoms with E-state index in [2.05, 4.69) is 5.32 Å². The summed E-state index contributed by atoms with van der Waals surface area (Å²) in [6.07, 6.45) is 1.74. The number of carbonyl (C=O) groups is 1. The van der Waals surface area contributed by atoms with Crippen LogP contribution in [0.5, 0.6) is 5.75 Å². The summed E-state index contributed by atoms with van der Waals surface area (Å²) in [5.41, 5.74) is 5.82. The fourth-order valence-electron chi connectivity index (χ4n) is 1.52. The molecular weight excluding hydrogens is 270 g/mol. The number of rotatable bonds is 4. The number of anilines is 1. The second-order valence-electron chi connectivity index (χ2n) is 4.26. The number of amides is 2. The van der Waals surface area contributed by atoms with E-state index < -0.39 is 16.1 Å². The third-order valence-electron chi connectivity index (χ3n) is 2.62. The summed E-state index contributed by atoms with van der Waals surface area (Å²) in [5, 5.41) is 2.53. The van der Waals surface area contributed by atoms with Gasteiger partial charge in [0.05, 0.1) is 7.11 Å². The van der Waals surface area contributed by atoms with Crippen LogP contribution in [0, 0.1) is 0 Å². The number of sulfonamides is 1. The molecule has 0 unspecified atom stereocenters. The lowest BCUT2D eigenvalue weighted by atomic mass is 10.3. The molecule has 2 rings (SSSR count). The van der Waals surface area contributed by atoms with Crippen molar-refractivity contribution in [2.75, 3.05) is 12.8 Å². The van der Waals surface area contributed by atoms with Gasteiger partial charge in [-0.05, 0) is 31.0 Å². The van der Waals surface area contributed by atoms with Crippen molar-refractivity contribution in [3.8, 4) is 5.75 Å². The summed E-state index contributed by atoms with van der Waals surface area (Å²) in [5.74, 6) is 0.126. The molecule has 0 aliphatic heterocycles. The number of nitrogen functional groups attached to an aromatic ring is 1. The summed E-state index contributed by atoms with van der Waals surface area (Å²) >= 11 is 0. The highest BCUT2D eigenvalue weighted by Crippen LogP contribution is 2.25. The number of ether oxygens (including phenoxy) is 1. The maximum Gasteiger partial charge on any atom is 0.328 e. The van der Waals surface area contributed by atoms with Crippen molar-refractivity contribution < 1.29 is 17.9 Å². The van der Waals surface area contributed by atoms with Gasteiger partial charge >= 0.3 is 6.03 Å². The van der Waals surface area contributed by atoms with Crippen molar-refractivity contribution in [1.82, 2.24) is 10.0 Å². The molecule has 0 spiro atoms. The number of benzene rings is 1. The lowest BCUT2D eigenvalue weighted by Gasteiger charge is -2.11. The zero-order valence-electron chi connectivity index (χ0n) is 10.3. The van der Waals surface area contributed by atoms with E-state index in [1.807, 2.05) is 4.72 Å². The quantitative estimate of drug-likeness (QED) is 0.695. The molecule has 8 heteroatoms. The van der Waals surface area contributed by atoms with E-state index in [-0.39, 0.29) is 22.4 Å². The molecule has 1 aromatic rings. The first-order valence-electron chi connectivity index (χ1n) is 5.69. The first-order chi connectivity index (χ1) is 8.92. The van der Waals surface area contributed by atoms with Crippen LogP contribution in [-0.4, -0.2) is 27.6 Å². The molecule has 1 saturated carbocycles. The van der Waals surface area contributed by atoms with Gasteiger partial charge in [0.2, 0.25) is 0 Å². The van der Waals surface area contributed by atoms with Crippen LogP contribution in [0.15, 0.2) is 23.1 Å². The highest BCUT2D eigenvalue weighted by molar-refractivity contribution is 7.90. The summed E-state index contributed by atoms with van der Waals surface area (Å²) in [6.45, 7) is 0. The van der Waals surface area contributed by atoms with Gasteiger partial charge in [-0.15, -0.1) is 0 Å². The molecule has 0 saturated heterocycles. The molecule has 0 aromatic heterocycles. The molecule has 7 nitrogen and oxygen atoms in total. The molecule has 1 aliphatic rings. The Morgan fingerprint density at radius 3 is 2.68 bits per heavy atom. The molecule has 0 atom stereocenters. The van der Waals surface area contributed by atoms with Crippen molar-refractivity contribution >= 4 is 21.7 Å². The number of methoxy groups -OCH3 is 1. The first kappa shape index (κ1) is 13.5. The van der Waals surface area contributed by atoms with Gasteiger partial charge in [-0.2, -0.15) is 0 Å². The van der Waals surface area contributed by atoms with Crippen LogP contribution in [-0.2, 0) is 10.0 Å². The number of nitrogens with two attached hydrogens (primary N) is 1. The van der Waals surface area contributed by atoms with Crippen LogP contribution >= 0.6 is 0 Å². The fourth-order valence-corrected chi connectivity index (χ4v) is 2.64. The summed E-state index contributed by atoms with van der Waals surface area (Å²) in [4.78, 5) is 11.3. The average molecular weight is 285 g/mol. The highest BCUT2D eigenvalue weighted by Gasteiger charge is 2.27. The normalized spacial score (nSPS) is 14.8. The lowest BCUT2D eigenvalue weighted by molar-refractivity contribution is 0.245. The Bertz CT molecular complexity index is 596. The number of carbonyl (C=O) groups excluding carboxylic acids is 1. The second-order valence-corrected chi connectivity index (χ2v) is 5.91. The Morgan fingerprint density at radius 1 is 1.42 bits per heavy atom. The van der Waals surface area contributed by atoms with E-state index in [1.54, 1.807) is 0 Å². The Balaban J connectivity index is 2.22. The Kier molecular flexibility index (Phi) is 3.52. The highest BCUT2D eigenvalue weighted by atomic mass is 32.2. The van der Waals surface area contributed by atoms with Crippen molar-refractivity contribution in [1.29, 1.82) is 0 Å². The molecule has 19 heavy (non-hydrogen) atoms. The Morgan fingerprint density at radius 2 is 2.11 bits per heavy atom. The number of hydrogen-bond acceptors (Lipinski definition) is 5. The molecule has 0 radical (unpaired) electrons. The molecular formula is C11H15N3O4S. The van der Waals surface area contributed by atoms with E-state index in [4.69, 9.17) is 10.5 Å². The predicted molar refractivity (Wildman–Crippen MR) is 69.3 cm³/mol. The van der Waals surface area contributed by atoms with E-state index in [9.17, 15) is 13.2 Å². The average Bonchev–Trinajstić information content (AvgIpc) is 3.12. The molecule has 2 amide bonds. The van der Waals surface area contributed by atoms with Crippen molar-refractivity contribution in [3.63, 3.8) is 0 Å². The summed E-state index contributed by atoms with van der Waals surface area (Å²) in [6, 6.07) is 3.51. The molecule has 104 valence electrons. The van der Waals surface area contributed by atoms with Crippen LogP contribution in [0.4, 0.5) is 10.5 Å². The largest absolute Gasteiger partial charge is 0.495 e. The number of urea groups is 1. The number of hydrogen-bond donors (Lipinski definition) is 3. The van der Waals surface area contributed by atoms with Gasteiger partial charge in [0.15, 0.2) is 0 Å².